The highest BCUT2D eigenvalue weighted by Gasteiger charge is 2.27. The average Bonchev–Trinajstić information content (AvgIpc) is 3.30. The lowest BCUT2D eigenvalue weighted by Gasteiger charge is -2.26. The molecule has 2 heterocycles. The van der Waals surface area contributed by atoms with E-state index >= 15 is 0 Å². The Bertz CT molecular complexity index is 1280. The molecule has 0 spiro atoms. The maximum atomic E-state index is 12.9. The number of hydrogen-bond acceptors (Lipinski definition) is 8. The standard InChI is InChI=1S/C23H25N3O5S2/c1-15-11-17(3)20(12-16(15)2)21(27)14-32-23-25-24-22(31-23)18-5-4-6-19(13-18)33(28,29)26-7-9-30-10-8-26/h4-6,11-13H,7-10,14H2,1-3H3. The van der Waals surface area contributed by atoms with Gasteiger partial charge < -0.3 is 9.15 Å². The van der Waals surface area contributed by atoms with Crippen LogP contribution in [0.25, 0.3) is 11.5 Å². The number of ether oxygens (including phenoxy) is 1. The van der Waals surface area contributed by atoms with Crippen LogP contribution >= 0.6 is 11.8 Å². The molecule has 8 nitrogen and oxygen atoms in total. The first-order valence-electron chi connectivity index (χ1n) is 10.5. The largest absolute Gasteiger partial charge is 0.411 e. The smallest absolute Gasteiger partial charge is 0.277 e. The van der Waals surface area contributed by atoms with E-state index in [2.05, 4.69) is 10.2 Å². The number of aromatic nitrogens is 2. The van der Waals surface area contributed by atoms with Crippen molar-refractivity contribution in [3.63, 3.8) is 0 Å². The van der Waals surface area contributed by atoms with Crippen molar-refractivity contribution < 1.29 is 22.4 Å². The van der Waals surface area contributed by atoms with Gasteiger partial charge in [0.2, 0.25) is 15.9 Å². The van der Waals surface area contributed by atoms with E-state index in [-0.39, 0.29) is 27.5 Å². The first-order valence-corrected chi connectivity index (χ1v) is 12.9. The van der Waals surface area contributed by atoms with Crippen molar-refractivity contribution in [3.8, 4) is 11.5 Å². The Morgan fingerprint density at radius 2 is 1.76 bits per heavy atom. The number of aryl methyl sites for hydroxylation is 3. The van der Waals surface area contributed by atoms with E-state index in [4.69, 9.17) is 9.15 Å². The molecule has 1 aliphatic heterocycles. The van der Waals surface area contributed by atoms with Crippen LogP contribution in [0.4, 0.5) is 0 Å². The molecule has 4 rings (SSSR count). The molecular formula is C23H25N3O5S2. The minimum Gasteiger partial charge on any atom is -0.411 e. The summed E-state index contributed by atoms with van der Waals surface area (Å²) in [6.07, 6.45) is 0. The van der Waals surface area contributed by atoms with Crippen molar-refractivity contribution in [3.05, 3.63) is 58.7 Å². The summed E-state index contributed by atoms with van der Waals surface area (Å²) in [5.74, 6) is 0.349. The van der Waals surface area contributed by atoms with Gasteiger partial charge in [-0.15, -0.1) is 10.2 Å². The molecule has 174 valence electrons. The van der Waals surface area contributed by atoms with Crippen LogP contribution in [0.3, 0.4) is 0 Å². The Hall–Kier alpha value is -2.53. The van der Waals surface area contributed by atoms with Gasteiger partial charge in [0.1, 0.15) is 0 Å². The molecule has 0 aliphatic carbocycles. The molecule has 2 aromatic carbocycles. The maximum Gasteiger partial charge on any atom is 0.277 e. The molecule has 1 aromatic heterocycles. The van der Waals surface area contributed by atoms with Gasteiger partial charge in [-0.1, -0.05) is 23.9 Å². The number of Topliss-reactive ketones (excluding diaryl/α,β-unsaturated/α-hetero) is 1. The van der Waals surface area contributed by atoms with Crippen molar-refractivity contribution in [1.29, 1.82) is 0 Å². The monoisotopic (exact) mass is 487 g/mol. The van der Waals surface area contributed by atoms with Gasteiger partial charge in [0, 0.05) is 24.2 Å². The molecule has 10 heteroatoms. The van der Waals surface area contributed by atoms with Crippen LogP contribution in [0.2, 0.25) is 0 Å². The topological polar surface area (TPSA) is 103 Å². The summed E-state index contributed by atoms with van der Waals surface area (Å²) in [4.78, 5) is 12.9. The van der Waals surface area contributed by atoms with Crippen molar-refractivity contribution >= 4 is 27.6 Å². The van der Waals surface area contributed by atoms with Crippen molar-refractivity contribution in [2.45, 2.75) is 30.9 Å². The van der Waals surface area contributed by atoms with Crippen molar-refractivity contribution in [2.75, 3.05) is 32.1 Å². The summed E-state index contributed by atoms with van der Waals surface area (Å²) < 4.78 is 38.2. The van der Waals surface area contributed by atoms with Crippen LogP contribution in [0.15, 0.2) is 50.9 Å². The van der Waals surface area contributed by atoms with E-state index in [1.165, 1.54) is 10.4 Å². The summed E-state index contributed by atoms with van der Waals surface area (Å²) in [6, 6.07) is 10.3. The molecule has 0 bridgehead atoms. The molecule has 0 saturated carbocycles. The summed E-state index contributed by atoms with van der Waals surface area (Å²) >= 11 is 1.16. The number of morpholine rings is 1. The molecule has 0 unspecified atom stereocenters. The lowest BCUT2D eigenvalue weighted by atomic mass is 9.99. The van der Waals surface area contributed by atoms with Gasteiger partial charge >= 0.3 is 0 Å². The molecule has 0 radical (unpaired) electrons. The average molecular weight is 488 g/mol. The number of sulfonamides is 1. The fraction of sp³-hybridized carbons (Fsp3) is 0.348. The molecule has 1 aliphatic rings. The van der Waals surface area contributed by atoms with Crippen molar-refractivity contribution in [2.24, 2.45) is 0 Å². The number of benzene rings is 2. The normalized spacial score (nSPS) is 15.0. The third-order valence-electron chi connectivity index (χ3n) is 5.56. The van der Waals surface area contributed by atoms with Crippen LogP contribution in [0.1, 0.15) is 27.0 Å². The molecule has 0 atom stereocenters. The van der Waals surface area contributed by atoms with Gasteiger partial charge in [0.15, 0.2) is 5.78 Å². The summed E-state index contributed by atoms with van der Waals surface area (Å²) in [5, 5.41) is 8.30. The summed E-state index contributed by atoms with van der Waals surface area (Å²) in [5.41, 5.74) is 4.34. The first-order chi connectivity index (χ1) is 15.8. The molecule has 1 fully saturated rings. The fourth-order valence-electron chi connectivity index (χ4n) is 3.58. The van der Waals surface area contributed by atoms with Gasteiger partial charge in [0.05, 0.1) is 23.9 Å². The highest BCUT2D eigenvalue weighted by molar-refractivity contribution is 7.99. The number of hydrogen-bond donors (Lipinski definition) is 0. The van der Waals surface area contributed by atoms with Crippen LogP contribution in [0, 0.1) is 20.8 Å². The third-order valence-corrected chi connectivity index (χ3v) is 8.28. The van der Waals surface area contributed by atoms with E-state index in [0.29, 0.717) is 37.4 Å². The van der Waals surface area contributed by atoms with Gasteiger partial charge in [-0.2, -0.15) is 4.31 Å². The van der Waals surface area contributed by atoms with E-state index in [1.807, 2.05) is 32.9 Å². The van der Waals surface area contributed by atoms with Gasteiger partial charge in [-0.05, 0) is 61.7 Å². The van der Waals surface area contributed by atoms with E-state index in [1.54, 1.807) is 18.2 Å². The fourth-order valence-corrected chi connectivity index (χ4v) is 5.68. The number of ketones is 1. The SMILES string of the molecule is Cc1cc(C)c(C(=O)CSc2nnc(-c3cccc(S(=O)(=O)N4CCOCC4)c3)o2)cc1C. The maximum absolute atomic E-state index is 12.9. The summed E-state index contributed by atoms with van der Waals surface area (Å²) in [6.45, 7) is 7.33. The Morgan fingerprint density at radius 3 is 2.52 bits per heavy atom. The molecule has 1 saturated heterocycles. The summed E-state index contributed by atoms with van der Waals surface area (Å²) in [7, 11) is -3.63. The van der Waals surface area contributed by atoms with Crippen LogP contribution in [0.5, 0.6) is 0 Å². The predicted molar refractivity (Wildman–Crippen MR) is 125 cm³/mol. The second-order valence-corrected chi connectivity index (χ2v) is 10.7. The zero-order valence-electron chi connectivity index (χ0n) is 18.7. The minimum absolute atomic E-state index is 0.0149. The second kappa shape index (κ2) is 9.76. The van der Waals surface area contributed by atoms with Crippen LogP contribution < -0.4 is 0 Å². The number of rotatable bonds is 7. The Balaban J connectivity index is 1.47. The van der Waals surface area contributed by atoms with E-state index in [9.17, 15) is 13.2 Å². The first kappa shape index (κ1) is 23.6. The lowest BCUT2D eigenvalue weighted by molar-refractivity contribution is 0.0730. The van der Waals surface area contributed by atoms with Gasteiger partial charge in [0.25, 0.3) is 5.22 Å². The molecule has 3 aromatic rings. The lowest BCUT2D eigenvalue weighted by Crippen LogP contribution is -2.40. The molecule has 33 heavy (non-hydrogen) atoms. The molecular weight excluding hydrogens is 462 g/mol. The van der Waals surface area contributed by atoms with Crippen LogP contribution in [-0.2, 0) is 14.8 Å². The minimum atomic E-state index is -3.63. The van der Waals surface area contributed by atoms with E-state index < -0.39 is 10.0 Å². The number of carbonyl (C=O) groups excluding carboxylic acids is 1. The molecule has 0 N–H and O–H groups in total. The van der Waals surface area contributed by atoms with Crippen LogP contribution in [-0.4, -0.2) is 60.8 Å². The quantitative estimate of drug-likeness (QED) is 0.368. The Labute approximate surface area is 197 Å². The Kier molecular flexibility index (Phi) is 6.99. The second-order valence-electron chi connectivity index (χ2n) is 7.88. The van der Waals surface area contributed by atoms with E-state index in [0.717, 1.165) is 28.5 Å². The highest BCUT2D eigenvalue weighted by Crippen LogP contribution is 2.27. The third kappa shape index (κ3) is 5.19. The van der Waals surface area contributed by atoms with Gasteiger partial charge in [-0.25, -0.2) is 8.42 Å². The number of carbonyl (C=O) groups is 1. The zero-order valence-corrected chi connectivity index (χ0v) is 20.3. The number of nitrogens with zero attached hydrogens (tertiary/aromatic N) is 3. The van der Waals surface area contributed by atoms with Crippen molar-refractivity contribution in [1.82, 2.24) is 14.5 Å². The molecule has 0 amide bonds. The van der Waals surface area contributed by atoms with Gasteiger partial charge in [-0.3, -0.25) is 4.79 Å². The number of thioether (sulfide) groups is 1. The Morgan fingerprint density at radius 1 is 1.03 bits per heavy atom. The zero-order chi connectivity index (χ0) is 23.6. The highest BCUT2D eigenvalue weighted by atomic mass is 32.2. The predicted octanol–water partition coefficient (Wildman–Crippen LogP) is 3.66.